The molecule has 0 atom stereocenters. The number of hydrogen-bond acceptors (Lipinski definition) is 3. The SMILES string of the molecule is NC(=S)CN1C(=O)CC2(CCCCC2)CC1=O. The molecule has 0 bridgehead atoms. The summed E-state index contributed by atoms with van der Waals surface area (Å²) in [6, 6.07) is 0. The number of thiocarbonyl (C=S) groups is 1. The zero-order valence-corrected chi connectivity index (χ0v) is 10.7. The Morgan fingerprint density at radius 2 is 1.71 bits per heavy atom. The van der Waals surface area contributed by atoms with E-state index in [1.807, 2.05) is 0 Å². The van der Waals surface area contributed by atoms with Gasteiger partial charge in [-0.2, -0.15) is 0 Å². The van der Waals surface area contributed by atoms with E-state index in [1.165, 1.54) is 11.3 Å². The summed E-state index contributed by atoms with van der Waals surface area (Å²) >= 11 is 4.76. The van der Waals surface area contributed by atoms with Crippen LogP contribution in [-0.2, 0) is 9.59 Å². The zero-order valence-electron chi connectivity index (χ0n) is 9.91. The van der Waals surface area contributed by atoms with Crippen LogP contribution in [0.15, 0.2) is 0 Å². The van der Waals surface area contributed by atoms with Crippen molar-refractivity contribution >= 4 is 29.0 Å². The maximum Gasteiger partial charge on any atom is 0.230 e. The molecule has 2 N–H and O–H groups in total. The predicted octanol–water partition coefficient (Wildman–Crippen LogP) is 1.37. The minimum Gasteiger partial charge on any atom is -0.392 e. The molecule has 2 aliphatic rings. The molecule has 0 unspecified atom stereocenters. The highest BCUT2D eigenvalue weighted by Gasteiger charge is 2.43. The average molecular weight is 254 g/mol. The molecule has 2 rings (SSSR count). The second-order valence-corrected chi connectivity index (χ2v) is 5.78. The summed E-state index contributed by atoms with van der Waals surface area (Å²) < 4.78 is 0. The number of hydrogen-bond donors (Lipinski definition) is 1. The van der Waals surface area contributed by atoms with Crippen molar-refractivity contribution in [2.24, 2.45) is 11.1 Å². The lowest BCUT2D eigenvalue weighted by Crippen LogP contribution is -2.50. The average Bonchev–Trinajstić information content (AvgIpc) is 2.24. The highest BCUT2D eigenvalue weighted by molar-refractivity contribution is 7.80. The molecule has 5 heteroatoms. The van der Waals surface area contributed by atoms with E-state index in [9.17, 15) is 9.59 Å². The Kier molecular flexibility index (Phi) is 3.47. The van der Waals surface area contributed by atoms with Crippen molar-refractivity contribution in [2.45, 2.75) is 44.9 Å². The Bertz CT molecular complexity index is 342. The van der Waals surface area contributed by atoms with E-state index in [1.54, 1.807) is 0 Å². The highest BCUT2D eigenvalue weighted by atomic mass is 32.1. The first kappa shape index (κ1) is 12.5. The molecule has 0 aromatic heterocycles. The normalized spacial score (nSPS) is 24.1. The molecule has 1 saturated heterocycles. The van der Waals surface area contributed by atoms with Gasteiger partial charge in [-0.3, -0.25) is 14.5 Å². The largest absolute Gasteiger partial charge is 0.392 e. The summed E-state index contributed by atoms with van der Waals surface area (Å²) in [7, 11) is 0. The lowest BCUT2D eigenvalue weighted by atomic mass is 9.67. The third-order valence-corrected chi connectivity index (χ3v) is 4.01. The van der Waals surface area contributed by atoms with Crippen LogP contribution in [0.2, 0.25) is 0 Å². The number of carbonyl (C=O) groups excluding carboxylic acids is 2. The van der Waals surface area contributed by atoms with Gasteiger partial charge in [0.2, 0.25) is 11.8 Å². The van der Waals surface area contributed by atoms with E-state index in [4.69, 9.17) is 18.0 Å². The molecule has 0 radical (unpaired) electrons. The van der Waals surface area contributed by atoms with E-state index >= 15 is 0 Å². The first-order valence-electron chi connectivity index (χ1n) is 6.14. The van der Waals surface area contributed by atoms with Gasteiger partial charge in [-0.15, -0.1) is 0 Å². The topological polar surface area (TPSA) is 63.4 Å². The van der Waals surface area contributed by atoms with Gasteiger partial charge in [-0.1, -0.05) is 31.5 Å². The number of likely N-dealkylation sites (tertiary alicyclic amines) is 1. The van der Waals surface area contributed by atoms with Crippen molar-refractivity contribution in [3.05, 3.63) is 0 Å². The third kappa shape index (κ3) is 2.65. The standard InChI is InChI=1S/C12H18N2O2S/c13-9(17)8-14-10(15)6-12(7-11(14)16)4-2-1-3-5-12/h1-8H2,(H2,13,17). The summed E-state index contributed by atoms with van der Waals surface area (Å²) in [5.74, 6) is -0.202. The van der Waals surface area contributed by atoms with E-state index in [0.29, 0.717) is 12.8 Å². The summed E-state index contributed by atoms with van der Waals surface area (Å²) in [5.41, 5.74) is 5.35. The van der Waals surface area contributed by atoms with Gasteiger partial charge < -0.3 is 5.73 Å². The van der Waals surface area contributed by atoms with Crippen LogP contribution in [0.4, 0.5) is 0 Å². The molecule has 1 spiro atoms. The summed E-state index contributed by atoms with van der Waals surface area (Å²) in [6.07, 6.45) is 6.48. The van der Waals surface area contributed by atoms with Gasteiger partial charge in [0, 0.05) is 12.8 Å². The molecule has 0 aromatic carbocycles. The van der Waals surface area contributed by atoms with Crippen LogP contribution in [-0.4, -0.2) is 28.2 Å². The number of rotatable bonds is 2. The van der Waals surface area contributed by atoms with Crippen molar-refractivity contribution in [3.8, 4) is 0 Å². The Balaban J connectivity index is 2.09. The van der Waals surface area contributed by atoms with Crippen LogP contribution in [0.5, 0.6) is 0 Å². The van der Waals surface area contributed by atoms with Crippen molar-refractivity contribution in [1.29, 1.82) is 0 Å². The van der Waals surface area contributed by atoms with Gasteiger partial charge in [0.15, 0.2) is 0 Å². The molecule has 1 aliphatic heterocycles. The van der Waals surface area contributed by atoms with Crippen LogP contribution in [0, 0.1) is 5.41 Å². The minimum atomic E-state index is -0.101. The number of imide groups is 1. The van der Waals surface area contributed by atoms with Crippen molar-refractivity contribution < 1.29 is 9.59 Å². The van der Waals surface area contributed by atoms with Crippen molar-refractivity contribution in [2.75, 3.05) is 6.54 Å². The van der Waals surface area contributed by atoms with Gasteiger partial charge in [0.1, 0.15) is 0 Å². The van der Waals surface area contributed by atoms with Gasteiger partial charge in [0.25, 0.3) is 0 Å². The molecule has 4 nitrogen and oxygen atoms in total. The van der Waals surface area contributed by atoms with Crippen LogP contribution >= 0.6 is 12.2 Å². The molecule has 1 heterocycles. The molecule has 17 heavy (non-hydrogen) atoms. The Hall–Kier alpha value is -0.970. The summed E-state index contributed by atoms with van der Waals surface area (Å²) in [5, 5.41) is 0. The van der Waals surface area contributed by atoms with E-state index < -0.39 is 0 Å². The molecule has 94 valence electrons. The van der Waals surface area contributed by atoms with Crippen molar-refractivity contribution in [1.82, 2.24) is 4.90 Å². The predicted molar refractivity (Wildman–Crippen MR) is 68.3 cm³/mol. The quantitative estimate of drug-likeness (QED) is 0.597. The lowest BCUT2D eigenvalue weighted by Gasteiger charge is -2.42. The molecule has 1 saturated carbocycles. The minimum absolute atomic E-state index is 0.0564. The maximum absolute atomic E-state index is 12.0. The number of piperidine rings is 1. The first-order valence-corrected chi connectivity index (χ1v) is 6.55. The lowest BCUT2D eigenvalue weighted by molar-refractivity contribution is -0.153. The highest BCUT2D eigenvalue weighted by Crippen LogP contribution is 2.45. The molecular weight excluding hydrogens is 236 g/mol. The summed E-state index contributed by atoms with van der Waals surface area (Å²) in [4.78, 5) is 25.4. The monoisotopic (exact) mass is 254 g/mol. The number of nitrogens with zero attached hydrogens (tertiary/aromatic N) is 1. The third-order valence-electron chi connectivity index (χ3n) is 3.88. The van der Waals surface area contributed by atoms with Crippen LogP contribution in [0.1, 0.15) is 44.9 Å². The Morgan fingerprint density at radius 1 is 1.18 bits per heavy atom. The molecule has 0 aromatic rings. The fourth-order valence-electron chi connectivity index (χ4n) is 3.02. The smallest absolute Gasteiger partial charge is 0.230 e. The van der Waals surface area contributed by atoms with Gasteiger partial charge in [-0.05, 0) is 18.3 Å². The number of amides is 2. The van der Waals surface area contributed by atoms with Crippen molar-refractivity contribution in [3.63, 3.8) is 0 Å². The van der Waals surface area contributed by atoms with Crippen LogP contribution in [0.3, 0.4) is 0 Å². The first-order chi connectivity index (χ1) is 8.02. The molecular formula is C12H18N2O2S. The van der Waals surface area contributed by atoms with Gasteiger partial charge >= 0.3 is 0 Å². The Labute approximate surface area is 107 Å². The second kappa shape index (κ2) is 4.72. The van der Waals surface area contributed by atoms with Crippen LogP contribution in [0.25, 0.3) is 0 Å². The van der Waals surface area contributed by atoms with E-state index in [-0.39, 0.29) is 28.8 Å². The maximum atomic E-state index is 12.0. The fourth-order valence-corrected chi connectivity index (χ4v) is 3.15. The Morgan fingerprint density at radius 3 is 2.18 bits per heavy atom. The summed E-state index contributed by atoms with van der Waals surface area (Å²) in [6.45, 7) is 0.100. The number of carbonyl (C=O) groups is 2. The molecule has 2 amide bonds. The van der Waals surface area contributed by atoms with E-state index in [2.05, 4.69) is 0 Å². The molecule has 2 fully saturated rings. The van der Waals surface area contributed by atoms with Gasteiger partial charge in [-0.25, -0.2) is 0 Å². The fraction of sp³-hybridized carbons (Fsp3) is 0.750. The number of nitrogens with two attached hydrogens (primary N) is 1. The van der Waals surface area contributed by atoms with Crippen LogP contribution < -0.4 is 5.73 Å². The zero-order chi connectivity index (χ0) is 12.5. The molecule has 1 aliphatic carbocycles. The van der Waals surface area contributed by atoms with Gasteiger partial charge in [0.05, 0.1) is 11.5 Å². The second-order valence-electron chi connectivity index (χ2n) is 5.25. The van der Waals surface area contributed by atoms with E-state index in [0.717, 1.165) is 25.7 Å².